The maximum atomic E-state index is 11.8. The van der Waals surface area contributed by atoms with Crippen LogP contribution in [0.1, 0.15) is 33.1 Å². The van der Waals surface area contributed by atoms with Crippen molar-refractivity contribution in [1.82, 2.24) is 4.90 Å². The molecule has 0 aromatic heterocycles. The van der Waals surface area contributed by atoms with E-state index in [9.17, 15) is 4.79 Å². The molecule has 1 rings (SSSR count). The van der Waals surface area contributed by atoms with E-state index in [1.807, 2.05) is 4.90 Å². The summed E-state index contributed by atoms with van der Waals surface area (Å²) in [6, 6.07) is -0.300. The number of rotatable bonds is 3. The Morgan fingerprint density at radius 3 is 3.00 bits per heavy atom. The summed E-state index contributed by atoms with van der Waals surface area (Å²) in [5, 5.41) is 0. The molecular weight excluding hydrogens is 176 g/mol. The van der Waals surface area contributed by atoms with Crippen LogP contribution in [0.5, 0.6) is 0 Å². The summed E-state index contributed by atoms with van der Waals surface area (Å²) in [4.78, 5) is 13.7. The van der Waals surface area contributed by atoms with E-state index in [1.54, 1.807) is 0 Å². The maximum Gasteiger partial charge on any atom is 0.239 e. The molecule has 0 aromatic carbocycles. The predicted molar refractivity (Wildman–Crippen MR) is 57.8 cm³/mol. The Hall–Kier alpha value is -0.830. The molecule has 0 bridgehead atoms. The first-order chi connectivity index (χ1) is 6.65. The van der Waals surface area contributed by atoms with Gasteiger partial charge in [0.05, 0.1) is 6.04 Å². The molecule has 2 N–H and O–H groups in total. The minimum Gasteiger partial charge on any atom is -0.337 e. The smallest absolute Gasteiger partial charge is 0.239 e. The Balaban J connectivity index is 2.49. The minimum absolute atomic E-state index is 0.110. The van der Waals surface area contributed by atoms with Crippen LogP contribution >= 0.6 is 0 Å². The van der Waals surface area contributed by atoms with Gasteiger partial charge in [0, 0.05) is 13.1 Å². The van der Waals surface area contributed by atoms with Crippen LogP contribution in [0, 0.1) is 0 Å². The average molecular weight is 196 g/mol. The summed E-state index contributed by atoms with van der Waals surface area (Å²) in [5.74, 6) is 0.110. The second-order valence-electron chi connectivity index (χ2n) is 3.99. The van der Waals surface area contributed by atoms with E-state index >= 15 is 0 Å². The fourth-order valence-electron chi connectivity index (χ4n) is 1.77. The van der Waals surface area contributed by atoms with Gasteiger partial charge in [-0.25, -0.2) is 0 Å². The van der Waals surface area contributed by atoms with Crippen molar-refractivity contribution < 1.29 is 4.79 Å². The molecule has 0 unspecified atom stereocenters. The van der Waals surface area contributed by atoms with Gasteiger partial charge in [-0.1, -0.05) is 25.0 Å². The Morgan fingerprint density at radius 2 is 2.43 bits per heavy atom. The van der Waals surface area contributed by atoms with Crippen molar-refractivity contribution >= 4 is 5.91 Å². The van der Waals surface area contributed by atoms with Gasteiger partial charge in [-0.2, -0.15) is 0 Å². The molecule has 0 radical (unpaired) electrons. The lowest BCUT2D eigenvalue weighted by Gasteiger charge is -2.28. The highest BCUT2D eigenvalue weighted by Gasteiger charge is 2.21. The van der Waals surface area contributed by atoms with Crippen LogP contribution in [0.25, 0.3) is 0 Å². The molecule has 0 fully saturated rings. The maximum absolute atomic E-state index is 11.8. The zero-order valence-corrected chi connectivity index (χ0v) is 9.12. The van der Waals surface area contributed by atoms with Crippen molar-refractivity contribution in [3.8, 4) is 0 Å². The molecule has 1 aliphatic rings. The van der Waals surface area contributed by atoms with Gasteiger partial charge in [0.1, 0.15) is 0 Å². The van der Waals surface area contributed by atoms with Crippen molar-refractivity contribution in [2.75, 3.05) is 13.1 Å². The summed E-state index contributed by atoms with van der Waals surface area (Å²) < 4.78 is 0. The van der Waals surface area contributed by atoms with Gasteiger partial charge in [0.25, 0.3) is 0 Å². The van der Waals surface area contributed by atoms with Crippen LogP contribution in [0.3, 0.4) is 0 Å². The van der Waals surface area contributed by atoms with Crippen molar-refractivity contribution in [2.45, 2.75) is 39.2 Å². The quantitative estimate of drug-likeness (QED) is 0.691. The third-order valence-corrected chi connectivity index (χ3v) is 2.56. The number of hydrogen-bond acceptors (Lipinski definition) is 2. The summed E-state index contributed by atoms with van der Waals surface area (Å²) in [7, 11) is 0. The van der Waals surface area contributed by atoms with E-state index in [-0.39, 0.29) is 11.9 Å². The summed E-state index contributed by atoms with van der Waals surface area (Å²) in [6.45, 7) is 5.70. The van der Waals surface area contributed by atoms with Crippen molar-refractivity contribution in [3.63, 3.8) is 0 Å². The lowest BCUT2D eigenvalue weighted by atomic mass is 10.1. The Kier molecular flexibility index (Phi) is 4.14. The lowest BCUT2D eigenvalue weighted by molar-refractivity contribution is -0.132. The number of hydrogen-bond donors (Lipinski definition) is 1. The molecule has 0 spiro atoms. The molecule has 1 atom stereocenters. The normalized spacial score (nSPS) is 19.1. The second kappa shape index (κ2) is 5.15. The largest absolute Gasteiger partial charge is 0.337 e. The van der Waals surface area contributed by atoms with Gasteiger partial charge in [-0.15, -0.1) is 0 Å². The van der Waals surface area contributed by atoms with Gasteiger partial charge in [-0.05, 0) is 19.8 Å². The predicted octanol–water partition coefficient (Wildman–Crippen LogP) is 1.29. The van der Waals surface area contributed by atoms with Crippen molar-refractivity contribution in [3.05, 3.63) is 11.6 Å². The molecule has 1 aliphatic heterocycles. The van der Waals surface area contributed by atoms with Gasteiger partial charge in [0.2, 0.25) is 5.91 Å². The van der Waals surface area contributed by atoms with Crippen molar-refractivity contribution in [1.29, 1.82) is 0 Å². The Morgan fingerprint density at radius 1 is 1.71 bits per heavy atom. The topological polar surface area (TPSA) is 46.3 Å². The third-order valence-electron chi connectivity index (χ3n) is 2.56. The van der Waals surface area contributed by atoms with E-state index in [2.05, 4.69) is 19.9 Å². The first-order valence-electron chi connectivity index (χ1n) is 5.35. The van der Waals surface area contributed by atoms with Gasteiger partial charge >= 0.3 is 0 Å². The molecule has 0 aromatic rings. The Bertz CT molecular complexity index is 235. The highest BCUT2D eigenvalue weighted by atomic mass is 16.2. The summed E-state index contributed by atoms with van der Waals surface area (Å²) >= 11 is 0. The van der Waals surface area contributed by atoms with Crippen molar-refractivity contribution in [2.24, 2.45) is 5.73 Å². The zero-order valence-electron chi connectivity index (χ0n) is 9.12. The first-order valence-corrected chi connectivity index (χ1v) is 5.35. The molecule has 1 heterocycles. The molecule has 80 valence electrons. The van der Waals surface area contributed by atoms with Gasteiger partial charge in [0.15, 0.2) is 0 Å². The molecule has 0 saturated carbocycles. The zero-order chi connectivity index (χ0) is 10.6. The van der Waals surface area contributed by atoms with E-state index in [0.29, 0.717) is 0 Å². The SMILES string of the molecule is CCC[C@@H](N)C(=O)N1CCC=C(C)C1. The number of carbonyl (C=O) groups excluding carboxylic acids is 1. The Labute approximate surface area is 86.0 Å². The van der Waals surface area contributed by atoms with E-state index in [4.69, 9.17) is 5.73 Å². The molecule has 3 heteroatoms. The minimum atomic E-state index is -0.300. The van der Waals surface area contributed by atoms with E-state index in [0.717, 1.165) is 32.4 Å². The first kappa shape index (κ1) is 11.2. The molecule has 0 saturated heterocycles. The molecule has 14 heavy (non-hydrogen) atoms. The second-order valence-corrected chi connectivity index (χ2v) is 3.99. The van der Waals surface area contributed by atoms with Crippen LogP contribution < -0.4 is 5.73 Å². The number of nitrogens with two attached hydrogens (primary N) is 1. The number of carbonyl (C=O) groups is 1. The highest BCUT2D eigenvalue weighted by molar-refractivity contribution is 5.82. The highest BCUT2D eigenvalue weighted by Crippen LogP contribution is 2.10. The average Bonchev–Trinajstić information content (AvgIpc) is 2.17. The lowest BCUT2D eigenvalue weighted by Crippen LogP contribution is -2.45. The van der Waals surface area contributed by atoms with Crippen LogP contribution in [0.4, 0.5) is 0 Å². The van der Waals surface area contributed by atoms with Crippen LogP contribution in [0.2, 0.25) is 0 Å². The standard InChI is InChI=1S/C11H20N2O/c1-3-5-10(12)11(14)13-7-4-6-9(2)8-13/h6,10H,3-5,7-8,12H2,1-2H3/t10-/m1/s1. The van der Waals surface area contributed by atoms with Crippen LogP contribution in [-0.2, 0) is 4.79 Å². The van der Waals surface area contributed by atoms with E-state index in [1.165, 1.54) is 5.57 Å². The summed E-state index contributed by atoms with van der Waals surface area (Å²) in [6.07, 6.45) is 4.92. The van der Waals surface area contributed by atoms with Gasteiger partial charge in [-0.3, -0.25) is 4.79 Å². The monoisotopic (exact) mass is 196 g/mol. The number of nitrogens with zero attached hydrogens (tertiary/aromatic N) is 1. The van der Waals surface area contributed by atoms with Gasteiger partial charge < -0.3 is 10.6 Å². The molecule has 3 nitrogen and oxygen atoms in total. The van der Waals surface area contributed by atoms with E-state index < -0.39 is 0 Å². The summed E-state index contributed by atoms with van der Waals surface area (Å²) in [5.41, 5.74) is 7.06. The van der Waals surface area contributed by atoms with Crippen LogP contribution in [0.15, 0.2) is 11.6 Å². The third kappa shape index (κ3) is 2.84. The fourth-order valence-corrected chi connectivity index (χ4v) is 1.77. The molecule has 0 aliphatic carbocycles. The molecular formula is C11H20N2O. The fraction of sp³-hybridized carbons (Fsp3) is 0.727. The molecule has 1 amide bonds. The number of amides is 1. The van der Waals surface area contributed by atoms with Crippen LogP contribution in [-0.4, -0.2) is 29.9 Å².